The van der Waals surface area contributed by atoms with Gasteiger partial charge in [-0.3, -0.25) is 0 Å². The van der Waals surface area contributed by atoms with Crippen LogP contribution in [0.15, 0.2) is 24.3 Å². The van der Waals surface area contributed by atoms with Gasteiger partial charge >= 0.3 is 0 Å². The first-order chi connectivity index (χ1) is 9.24. The summed E-state index contributed by atoms with van der Waals surface area (Å²) in [7, 11) is 4.29. The fraction of sp³-hybridized carbons (Fsp3) is 0.625. The number of benzene rings is 1. The third kappa shape index (κ3) is 2.83. The van der Waals surface area contributed by atoms with Crippen molar-refractivity contribution in [3.8, 4) is 0 Å². The van der Waals surface area contributed by atoms with Crippen LogP contribution in [0.4, 0.5) is 0 Å². The molecule has 2 aliphatic rings. The van der Waals surface area contributed by atoms with Gasteiger partial charge in [-0.1, -0.05) is 24.3 Å². The Morgan fingerprint density at radius 2 is 2.16 bits per heavy atom. The molecule has 0 N–H and O–H groups in total. The van der Waals surface area contributed by atoms with Gasteiger partial charge in [0.1, 0.15) is 0 Å². The van der Waals surface area contributed by atoms with Crippen LogP contribution in [0.3, 0.4) is 0 Å². The molecule has 19 heavy (non-hydrogen) atoms. The molecular formula is C16H24N2O. The van der Waals surface area contributed by atoms with Gasteiger partial charge in [0.25, 0.3) is 0 Å². The quantitative estimate of drug-likeness (QED) is 0.826. The molecule has 0 spiro atoms. The highest BCUT2D eigenvalue weighted by molar-refractivity contribution is 5.33. The van der Waals surface area contributed by atoms with E-state index in [4.69, 9.17) is 4.74 Å². The lowest BCUT2D eigenvalue weighted by Crippen LogP contribution is -2.46. The Kier molecular flexibility index (Phi) is 3.87. The van der Waals surface area contributed by atoms with Gasteiger partial charge in [-0.25, -0.2) is 0 Å². The number of hydrogen-bond acceptors (Lipinski definition) is 3. The molecule has 2 heterocycles. The Morgan fingerprint density at radius 1 is 1.32 bits per heavy atom. The highest BCUT2D eigenvalue weighted by atomic mass is 16.5. The number of rotatable bonds is 3. The summed E-state index contributed by atoms with van der Waals surface area (Å²) in [6, 6.07) is 8.80. The average molecular weight is 260 g/mol. The Morgan fingerprint density at radius 3 is 3.00 bits per heavy atom. The fourth-order valence-corrected chi connectivity index (χ4v) is 3.26. The maximum Gasteiger partial charge on any atom is 0.0723 e. The predicted molar refractivity (Wildman–Crippen MR) is 77.4 cm³/mol. The van der Waals surface area contributed by atoms with Crippen molar-refractivity contribution >= 4 is 0 Å². The van der Waals surface area contributed by atoms with Gasteiger partial charge in [0.2, 0.25) is 0 Å². The zero-order chi connectivity index (χ0) is 13.2. The summed E-state index contributed by atoms with van der Waals surface area (Å²) >= 11 is 0. The lowest BCUT2D eigenvalue weighted by Gasteiger charge is -2.42. The van der Waals surface area contributed by atoms with E-state index in [9.17, 15) is 0 Å². The minimum atomic E-state index is 0.436. The zero-order valence-corrected chi connectivity index (χ0v) is 12.0. The second-order valence-electron chi connectivity index (χ2n) is 6.05. The summed E-state index contributed by atoms with van der Waals surface area (Å²) in [5.41, 5.74) is 2.91. The molecule has 3 nitrogen and oxygen atoms in total. The molecule has 1 aromatic carbocycles. The Bertz CT molecular complexity index is 433. The smallest absolute Gasteiger partial charge is 0.0723 e. The summed E-state index contributed by atoms with van der Waals surface area (Å²) < 4.78 is 6.05. The molecule has 2 atom stereocenters. The number of likely N-dealkylation sites (N-methyl/N-ethyl adjacent to an activating group) is 1. The van der Waals surface area contributed by atoms with Crippen LogP contribution in [-0.4, -0.2) is 56.2 Å². The van der Waals surface area contributed by atoms with Crippen LogP contribution in [0.25, 0.3) is 0 Å². The maximum absolute atomic E-state index is 6.05. The Labute approximate surface area is 116 Å². The van der Waals surface area contributed by atoms with Crippen LogP contribution < -0.4 is 0 Å². The van der Waals surface area contributed by atoms with Crippen LogP contribution >= 0.6 is 0 Å². The van der Waals surface area contributed by atoms with Gasteiger partial charge in [-0.15, -0.1) is 0 Å². The van der Waals surface area contributed by atoms with E-state index >= 15 is 0 Å². The molecule has 0 aliphatic carbocycles. The lowest BCUT2D eigenvalue weighted by molar-refractivity contribution is -0.0317. The van der Waals surface area contributed by atoms with E-state index in [0.29, 0.717) is 12.0 Å². The number of fused-ring (bicyclic) bond motifs is 3. The van der Waals surface area contributed by atoms with E-state index < -0.39 is 0 Å². The zero-order valence-electron chi connectivity index (χ0n) is 12.0. The number of piperidine rings is 1. The van der Waals surface area contributed by atoms with Gasteiger partial charge in [-0.05, 0) is 31.6 Å². The Hall–Kier alpha value is -0.900. The molecular weight excluding hydrogens is 236 g/mol. The summed E-state index contributed by atoms with van der Waals surface area (Å²) in [6.45, 7) is 5.43. The summed E-state index contributed by atoms with van der Waals surface area (Å²) in [5.74, 6) is 0.570. The molecule has 0 bridgehead atoms. The topological polar surface area (TPSA) is 15.7 Å². The van der Waals surface area contributed by atoms with E-state index in [1.54, 1.807) is 0 Å². The van der Waals surface area contributed by atoms with Crippen LogP contribution in [0.2, 0.25) is 0 Å². The number of likely N-dealkylation sites (tertiary alicyclic amines) is 1. The van der Waals surface area contributed by atoms with Gasteiger partial charge < -0.3 is 14.5 Å². The van der Waals surface area contributed by atoms with Crippen molar-refractivity contribution in [3.05, 3.63) is 35.4 Å². The van der Waals surface area contributed by atoms with Crippen molar-refractivity contribution in [1.82, 2.24) is 9.80 Å². The van der Waals surface area contributed by atoms with Crippen molar-refractivity contribution < 1.29 is 4.74 Å². The summed E-state index contributed by atoms with van der Waals surface area (Å²) in [4.78, 5) is 4.85. The second kappa shape index (κ2) is 5.61. The third-order valence-electron chi connectivity index (χ3n) is 4.40. The van der Waals surface area contributed by atoms with Gasteiger partial charge in [0, 0.05) is 32.1 Å². The third-order valence-corrected chi connectivity index (χ3v) is 4.40. The molecule has 104 valence electrons. The van der Waals surface area contributed by atoms with Crippen LogP contribution in [0.5, 0.6) is 0 Å². The van der Waals surface area contributed by atoms with Crippen molar-refractivity contribution in [2.24, 2.45) is 0 Å². The van der Waals surface area contributed by atoms with E-state index in [2.05, 4.69) is 48.2 Å². The number of hydrogen-bond donors (Lipinski definition) is 0. The number of ether oxygens (including phenoxy) is 1. The van der Waals surface area contributed by atoms with E-state index in [0.717, 1.165) is 19.7 Å². The van der Waals surface area contributed by atoms with Crippen LogP contribution in [0, 0.1) is 0 Å². The number of nitrogens with zero attached hydrogens (tertiary/aromatic N) is 2. The van der Waals surface area contributed by atoms with E-state index in [1.807, 2.05) is 0 Å². The lowest BCUT2D eigenvalue weighted by atomic mass is 9.83. The monoisotopic (exact) mass is 260 g/mol. The molecule has 3 rings (SSSR count). The minimum absolute atomic E-state index is 0.436. The minimum Gasteiger partial charge on any atom is -0.373 e. The highest BCUT2D eigenvalue weighted by Crippen LogP contribution is 2.36. The molecule has 0 unspecified atom stereocenters. The molecule has 0 amide bonds. The largest absolute Gasteiger partial charge is 0.373 e. The van der Waals surface area contributed by atoms with Gasteiger partial charge in [-0.2, -0.15) is 0 Å². The fourth-order valence-electron chi connectivity index (χ4n) is 3.26. The summed E-state index contributed by atoms with van der Waals surface area (Å²) in [5, 5.41) is 0. The first-order valence-electron chi connectivity index (χ1n) is 7.30. The van der Waals surface area contributed by atoms with Gasteiger partial charge in [0.15, 0.2) is 0 Å². The second-order valence-corrected chi connectivity index (χ2v) is 6.05. The standard InChI is InChI=1S/C16H24N2O/c1-17(2)9-10-18-8-7-16-15(11-18)14-6-4-3-5-13(14)12-19-16/h3-6,15-16H,7-12H2,1-2H3/t15-,16+/m1/s1. The SMILES string of the molecule is CN(C)CCN1CC[C@@H]2OCc3ccccc3[C@H]2C1. The Balaban J connectivity index is 1.71. The molecule has 1 fully saturated rings. The molecule has 2 aliphatic heterocycles. The van der Waals surface area contributed by atoms with Gasteiger partial charge in [0.05, 0.1) is 12.7 Å². The summed E-state index contributed by atoms with van der Waals surface area (Å²) in [6.07, 6.45) is 1.61. The van der Waals surface area contributed by atoms with Crippen LogP contribution in [-0.2, 0) is 11.3 Å². The van der Waals surface area contributed by atoms with Crippen molar-refractivity contribution in [3.63, 3.8) is 0 Å². The first kappa shape index (κ1) is 13.1. The highest BCUT2D eigenvalue weighted by Gasteiger charge is 2.34. The average Bonchev–Trinajstić information content (AvgIpc) is 2.44. The molecule has 3 heteroatoms. The van der Waals surface area contributed by atoms with E-state index in [1.165, 1.54) is 30.6 Å². The first-order valence-corrected chi connectivity index (χ1v) is 7.30. The van der Waals surface area contributed by atoms with Crippen molar-refractivity contribution in [2.45, 2.75) is 25.0 Å². The normalized spacial score (nSPS) is 27.1. The molecule has 1 aromatic rings. The molecule has 1 saturated heterocycles. The van der Waals surface area contributed by atoms with Crippen LogP contribution in [0.1, 0.15) is 23.5 Å². The molecule has 0 saturated carbocycles. The van der Waals surface area contributed by atoms with E-state index in [-0.39, 0.29) is 0 Å². The van der Waals surface area contributed by atoms with Crippen molar-refractivity contribution in [2.75, 3.05) is 40.3 Å². The maximum atomic E-state index is 6.05. The molecule has 0 radical (unpaired) electrons. The molecule has 0 aromatic heterocycles. The predicted octanol–water partition coefficient (Wildman–Crippen LogP) is 1.94. The van der Waals surface area contributed by atoms with Crippen molar-refractivity contribution in [1.29, 1.82) is 0 Å².